The quantitative estimate of drug-likeness (QED) is 0.309. The van der Waals surface area contributed by atoms with Gasteiger partial charge < -0.3 is 9.47 Å². The number of esters is 1. The summed E-state index contributed by atoms with van der Waals surface area (Å²) < 4.78 is 9.96. The van der Waals surface area contributed by atoms with Gasteiger partial charge in [-0.05, 0) is 55.0 Å². The molecule has 0 radical (unpaired) electrons. The maximum atomic E-state index is 11.3. The normalized spacial score (nSPS) is 13.3. The fourth-order valence-corrected chi connectivity index (χ4v) is 2.40. The van der Waals surface area contributed by atoms with Gasteiger partial charge in [-0.3, -0.25) is 4.79 Å². The van der Waals surface area contributed by atoms with Gasteiger partial charge in [0.05, 0.1) is 6.61 Å². The third-order valence-corrected chi connectivity index (χ3v) is 3.75. The molecule has 25 heavy (non-hydrogen) atoms. The van der Waals surface area contributed by atoms with Crippen LogP contribution in [-0.2, 0) is 25.5 Å². The van der Waals surface area contributed by atoms with Gasteiger partial charge >= 0.3 is 5.97 Å². The van der Waals surface area contributed by atoms with E-state index in [4.69, 9.17) is 9.47 Å². The van der Waals surface area contributed by atoms with Crippen LogP contribution >= 0.6 is 0 Å². The van der Waals surface area contributed by atoms with Crippen molar-refractivity contribution in [3.05, 3.63) is 77.6 Å². The number of allylic oxidation sites excluding steroid dienone is 5. The molecule has 1 aliphatic carbocycles. The summed E-state index contributed by atoms with van der Waals surface area (Å²) in [7, 11) is 0. The van der Waals surface area contributed by atoms with Gasteiger partial charge in [-0.25, -0.2) is 4.79 Å². The SMILES string of the molecule is C=C(C)C(=O)OCCCc1ccc(C2=CCC=C(OC=O)C=C2)cc1. The van der Waals surface area contributed by atoms with Crippen LogP contribution in [0.15, 0.2) is 66.5 Å². The lowest BCUT2D eigenvalue weighted by Crippen LogP contribution is -2.06. The van der Waals surface area contributed by atoms with E-state index in [1.807, 2.05) is 12.2 Å². The summed E-state index contributed by atoms with van der Waals surface area (Å²) >= 11 is 0. The number of aryl methyl sites for hydroxylation is 1. The number of carbonyl (C=O) groups excluding carboxylic acids is 2. The molecule has 2 rings (SSSR count). The van der Waals surface area contributed by atoms with Crippen molar-refractivity contribution in [2.24, 2.45) is 0 Å². The van der Waals surface area contributed by atoms with Crippen LogP contribution < -0.4 is 0 Å². The Balaban J connectivity index is 1.87. The van der Waals surface area contributed by atoms with Crippen molar-refractivity contribution >= 4 is 18.0 Å². The van der Waals surface area contributed by atoms with Crippen LogP contribution in [0, 0.1) is 0 Å². The molecule has 0 heterocycles. The van der Waals surface area contributed by atoms with Crippen LogP contribution in [0.1, 0.15) is 30.9 Å². The van der Waals surface area contributed by atoms with E-state index in [1.54, 1.807) is 13.0 Å². The molecular formula is C21H22O4. The number of ether oxygens (including phenoxy) is 2. The largest absolute Gasteiger partial charge is 0.462 e. The van der Waals surface area contributed by atoms with Gasteiger partial charge in [-0.2, -0.15) is 0 Å². The molecular weight excluding hydrogens is 316 g/mol. The molecule has 0 saturated carbocycles. The van der Waals surface area contributed by atoms with Gasteiger partial charge in [0.1, 0.15) is 5.76 Å². The standard InChI is InChI=1S/C21H22O4/c1-16(2)21(23)24-14-4-5-17-8-10-19(11-9-17)18-6-3-7-20(13-12-18)25-15-22/h6-13,15H,1,3-5,14H2,2H3. The second kappa shape index (κ2) is 9.42. The molecule has 1 aliphatic rings. The maximum Gasteiger partial charge on any atom is 0.333 e. The van der Waals surface area contributed by atoms with Gasteiger partial charge in [0.2, 0.25) is 0 Å². The maximum absolute atomic E-state index is 11.3. The van der Waals surface area contributed by atoms with Crippen LogP contribution in [0.2, 0.25) is 0 Å². The fourth-order valence-electron chi connectivity index (χ4n) is 2.40. The molecule has 0 spiro atoms. The Morgan fingerprint density at radius 3 is 2.64 bits per heavy atom. The van der Waals surface area contributed by atoms with E-state index in [-0.39, 0.29) is 5.97 Å². The van der Waals surface area contributed by atoms with Crippen molar-refractivity contribution in [3.63, 3.8) is 0 Å². The van der Waals surface area contributed by atoms with Gasteiger partial charge in [0.25, 0.3) is 6.47 Å². The minimum absolute atomic E-state index is 0.339. The monoisotopic (exact) mass is 338 g/mol. The zero-order chi connectivity index (χ0) is 18.1. The first-order chi connectivity index (χ1) is 12.1. The van der Waals surface area contributed by atoms with Gasteiger partial charge in [0, 0.05) is 5.57 Å². The summed E-state index contributed by atoms with van der Waals surface area (Å²) in [5.41, 5.74) is 3.80. The lowest BCUT2D eigenvalue weighted by Gasteiger charge is -2.06. The summed E-state index contributed by atoms with van der Waals surface area (Å²) in [6, 6.07) is 8.28. The van der Waals surface area contributed by atoms with Crippen molar-refractivity contribution in [2.45, 2.75) is 26.2 Å². The van der Waals surface area contributed by atoms with Gasteiger partial charge in [-0.15, -0.1) is 0 Å². The zero-order valence-electron chi connectivity index (χ0n) is 14.4. The summed E-state index contributed by atoms with van der Waals surface area (Å²) in [4.78, 5) is 21.7. The Labute approximate surface area is 148 Å². The molecule has 0 bridgehead atoms. The number of carbonyl (C=O) groups is 2. The highest BCUT2D eigenvalue weighted by atomic mass is 16.5. The molecule has 4 nitrogen and oxygen atoms in total. The highest BCUT2D eigenvalue weighted by Crippen LogP contribution is 2.21. The number of hydrogen-bond acceptors (Lipinski definition) is 4. The van der Waals surface area contributed by atoms with E-state index < -0.39 is 0 Å². The predicted molar refractivity (Wildman–Crippen MR) is 97.5 cm³/mol. The average Bonchev–Trinajstić information content (AvgIpc) is 2.85. The van der Waals surface area contributed by atoms with E-state index in [0.29, 0.717) is 30.8 Å². The molecule has 1 aromatic carbocycles. The summed E-state index contributed by atoms with van der Waals surface area (Å²) in [5, 5.41) is 0. The second-order valence-electron chi connectivity index (χ2n) is 5.77. The molecule has 0 aromatic heterocycles. The van der Waals surface area contributed by atoms with Crippen LogP contribution in [0.4, 0.5) is 0 Å². The lowest BCUT2D eigenvalue weighted by atomic mass is 10.0. The molecule has 1 aromatic rings. The summed E-state index contributed by atoms with van der Waals surface area (Å²) in [6.45, 7) is 6.02. The van der Waals surface area contributed by atoms with E-state index in [2.05, 4.69) is 36.9 Å². The van der Waals surface area contributed by atoms with Crippen molar-refractivity contribution < 1.29 is 19.1 Å². The van der Waals surface area contributed by atoms with Crippen LogP contribution in [0.3, 0.4) is 0 Å². The molecule has 0 amide bonds. The first kappa shape index (κ1) is 18.5. The van der Waals surface area contributed by atoms with Crippen molar-refractivity contribution in [1.29, 1.82) is 0 Å². The highest BCUT2D eigenvalue weighted by molar-refractivity contribution is 5.86. The van der Waals surface area contributed by atoms with Crippen molar-refractivity contribution in [2.75, 3.05) is 6.61 Å². The molecule has 4 heteroatoms. The third kappa shape index (κ3) is 5.92. The third-order valence-electron chi connectivity index (χ3n) is 3.75. The Bertz CT molecular complexity index is 721. The molecule has 0 unspecified atom stereocenters. The Kier molecular flexibility index (Phi) is 6.96. The number of hydrogen-bond donors (Lipinski definition) is 0. The highest BCUT2D eigenvalue weighted by Gasteiger charge is 2.04. The van der Waals surface area contributed by atoms with Crippen molar-refractivity contribution in [3.8, 4) is 0 Å². The number of benzene rings is 1. The second-order valence-corrected chi connectivity index (χ2v) is 5.77. The average molecular weight is 338 g/mol. The minimum Gasteiger partial charge on any atom is -0.462 e. The van der Waals surface area contributed by atoms with E-state index >= 15 is 0 Å². The summed E-state index contributed by atoms with van der Waals surface area (Å²) in [6.07, 6.45) is 10.0. The van der Waals surface area contributed by atoms with Gasteiger partial charge in [0.15, 0.2) is 0 Å². The lowest BCUT2D eigenvalue weighted by molar-refractivity contribution is -0.139. The number of rotatable bonds is 8. The predicted octanol–water partition coefficient (Wildman–Crippen LogP) is 4.14. The zero-order valence-corrected chi connectivity index (χ0v) is 14.4. The first-order valence-electron chi connectivity index (χ1n) is 8.21. The molecule has 130 valence electrons. The Morgan fingerprint density at radius 1 is 1.20 bits per heavy atom. The van der Waals surface area contributed by atoms with Gasteiger partial charge in [-0.1, -0.05) is 43.0 Å². The van der Waals surface area contributed by atoms with Crippen LogP contribution in [-0.4, -0.2) is 19.0 Å². The molecule has 0 aliphatic heterocycles. The smallest absolute Gasteiger partial charge is 0.333 e. The Hall–Kier alpha value is -2.88. The van der Waals surface area contributed by atoms with Crippen LogP contribution in [0.25, 0.3) is 5.57 Å². The fraction of sp³-hybridized carbons (Fsp3) is 0.238. The van der Waals surface area contributed by atoms with E-state index in [9.17, 15) is 9.59 Å². The molecule has 0 saturated heterocycles. The first-order valence-corrected chi connectivity index (χ1v) is 8.21. The molecule has 0 fully saturated rings. The Morgan fingerprint density at radius 2 is 1.96 bits per heavy atom. The van der Waals surface area contributed by atoms with E-state index in [1.165, 1.54) is 5.56 Å². The van der Waals surface area contributed by atoms with Crippen LogP contribution in [0.5, 0.6) is 0 Å². The van der Waals surface area contributed by atoms with E-state index in [0.717, 1.165) is 24.0 Å². The van der Waals surface area contributed by atoms with Crippen molar-refractivity contribution in [1.82, 2.24) is 0 Å². The minimum atomic E-state index is -0.339. The summed E-state index contributed by atoms with van der Waals surface area (Å²) in [5.74, 6) is 0.219. The topological polar surface area (TPSA) is 52.6 Å². The molecule has 0 atom stereocenters. The molecule has 0 N–H and O–H groups in total.